The Morgan fingerprint density at radius 1 is 0.936 bits per heavy atom. The van der Waals surface area contributed by atoms with Crippen LogP contribution in [0.2, 0.25) is 0 Å². The minimum atomic E-state index is -5.57. The molecule has 2 aromatic heterocycles. The predicted octanol–water partition coefficient (Wildman–Crippen LogP) is 1.03. The lowest BCUT2D eigenvalue weighted by atomic mass is 10.0. The Morgan fingerprint density at radius 2 is 1.57 bits per heavy atom. The quantitative estimate of drug-likeness (QED) is 0.0611. The van der Waals surface area contributed by atoms with E-state index in [1.54, 1.807) is 30.3 Å². The topological polar surface area (TPSA) is 305 Å². The number of esters is 1. The SMILES string of the molecule is Nc1ncnc2c1ncn2[C@@H]1O[C@H](COP(=O)(O)O[P+](O)(O)OP(=O)(O)O)[C@@H](O)[C@H]1OC(=O)c1ccc(C(=O)c2ccccc2)cc1. The number of imidazole rings is 1. The summed E-state index contributed by atoms with van der Waals surface area (Å²) in [6.07, 6.45) is -4.07. The van der Waals surface area contributed by atoms with E-state index in [0.717, 1.165) is 6.33 Å². The lowest BCUT2D eigenvalue weighted by molar-refractivity contribution is -0.0559. The number of ether oxygens (including phenoxy) is 2. The fourth-order valence-electron chi connectivity index (χ4n) is 4.45. The van der Waals surface area contributed by atoms with Crippen molar-refractivity contribution in [3.8, 4) is 0 Å². The van der Waals surface area contributed by atoms with Crippen LogP contribution in [0.15, 0.2) is 67.3 Å². The molecule has 2 aromatic carbocycles. The largest absolute Gasteiger partial charge is 0.591 e. The molecular weight excluding hydrogens is 691 g/mol. The third-order valence-electron chi connectivity index (χ3n) is 6.46. The third kappa shape index (κ3) is 8.29. The van der Waals surface area contributed by atoms with Crippen molar-refractivity contribution in [2.45, 2.75) is 24.5 Å². The molecule has 0 spiro atoms. The van der Waals surface area contributed by atoms with Crippen LogP contribution in [0.3, 0.4) is 0 Å². The minimum absolute atomic E-state index is 0.0124. The van der Waals surface area contributed by atoms with Crippen molar-refractivity contribution < 1.29 is 70.9 Å². The monoisotopic (exact) mass is 716 g/mol. The molecule has 5 atom stereocenters. The number of nitrogen functional groups attached to an aromatic ring is 1. The second-order valence-corrected chi connectivity index (χ2v) is 14.2. The number of aliphatic hydroxyl groups is 1. The Hall–Kier alpha value is -3.58. The number of aliphatic hydroxyl groups excluding tert-OH is 1. The lowest BCUT2D eigenvalue weighted by Crippen LogP contribution is -2.37. The molecule has 1 unspecified atom stereocenters. The summed E-state index contributed by atoms with van der Waals surface area (Å²) in [4.78, 5) is 84.4. The highest BCUT2D eigenvalue weighted by molar-refractivity contribution is 7.70. The number of carbonyl (C=O) groups is 2. The van der Waals surface area contributed by atoms with Crippen LogP contribution >= 0.6 is 23.8 Å². The van der Waals surface area contributed by atoms with Gasteiger partial charge in [-0.25, -0.2) is 28.9 Å². The molecule has 1 aliphatic heterocycles. The maximum absolute atomic E-state index is 13.2. The Labute approximate surface area is 263 Å². The first kappa shape index (κ1) is 34.7. The van der Waals surface area contributed by atoms with E-state index in [1.165, 1.54) is 35.2 Å². The maximum atomic E-state index is 13.2. The van der Waals surface area contributed by atoms with Crippen molar-refractivity contribution in [3.05, 3.63) is 83.9 Å². The fraction of sp³-hybridized carbons (Fsp3) is 0.208. The van der Waals surface area contributed by atoms with Gasteiger partial charge in [0.05, 0.1) is 18.5 Å². The van der Waals surface area contributed by atoms with E-state index in [2.05, 4.69) is 28.1 Å². The standard InChI is InChI=1S/C24H24N5O15P3/c25-21-17-22(27-11-26-21)29(12-28-17)23-20(19(31)16(41-23)10-40-46(36,37)44-47(38,39)43-45(33,34)35)42-24(32)15-8-6-14(7-9-15)18(30)13-4-2-1-3-5-13/h1-9,11-12,16,19-20,23,31,38-39H,10H2,(H4-,25,26,27,33,34,35,36,37)/p+1/t16-,19-,20-,23-/m1/s1. The summed E-state index contributed by atoms with van der Waals surface area (Å²) in [6.45, 7) is -1.03. The number of nitrogens with two attached hydrogens (primary N) is 1. The van der Waals surface area contributed by atoms with Gasteiger partial charge in [0.25, 0.3) is 0 Å². The van der Waals surface area contributed by atoms with E-state index < -0.39 is 60.9 Å². The van der Waals surface area contributed by atoms with Crippen molar-refractivity contribution in [2.24, 2.45) is 0 Å². The van der Waals surface area contributed by atoms with Gasteiger partial charge in [-0.2, -0.15) is 9.79 Å². The third-order valence-corrected chi connectivity index (χ3v) is 10.3. The molecule has 5 rings (SSSR count). The number of hydrogen-bond donors (Lipinski definition) is 7. The number of nitrogens with zero attached hydrogens (tertiary/aromatic N) is 4. The molecule has 47 heavy (non-hydrogen) atoms. The van der Waals surface area contributed by atoms with Crippen LogP contribution < -0.4 is 5.73 Å². The molecule has 20 nitrogen and oxygen atoms in total. The molecule has 1 saturated heterocycles. The van der Waals surface area contributed by atoms with E-state index in [9.17, 15) is 38.5 Å². The first-order chi connectivity index (χ1) is 22.0. The van der Waals surface area contributed by atoms with Gasteiger partial charge >= 0.3 is 29.8 Å². The van der Waals surface area contributed by atoms with Crippen LogP contribution in [0.1, 0.15) is 32.5 Å². The van der Waals surface area contributed by atoms with Gasteiger partial charge in [-0.15, -0.1) is 0 Å². The normalized spacial score (nSPS) is 21.4. The lowest BCUT2D eigenvalue weighted by Gasteiger charge is -2.22. The van der Waals surface area contributed by atoms with E-state index in [4.69, 9.17) is 25.0 Å². The van der Waals surface area contributed by atoms with E-state index >= 15 is 0 Å². The first-order valence-electron chi connectivity index (χ1n) is 13.0. The first-order valence-corrected chi connectivity index (χ1v) is 17.6. The summed E-state index contributed by atoms with van der Waals surface area (Å²) in [6, 6.07) is 13.9. The number of anilines is 1. The molecule has 0 saturated carbocycles. The van der Waals surface area contributed by atoms with Gasteiger partial charge in [0.2, 0.25) is 0 Å². The van der Waals surface area contributed by atoms with Crippen LogP contribution in [0.5, 0.6) is 0 Å². The molecule has 250 valence electrons. The molecule has 0 radical (unpaired) electrons. The van der Waals surface area contributed by atoms with Crippen LogP contribution in [0.25, 0.3) is 11.2 Å². The summed E-state index contributed by atoms with van der Waals surface area (Å²) in [5.41, 5.74) is 6.76. The van der Waals surface area contributed by atoms with E-state index in [0.29, 0.717) is 5.56 Å². The zero-order valence-electron chi connectivity index (χ0n) is 23.4. The van der Waals surface area contributed by atoms with E-state index in [1.807, 2.05) is 0 Å². The number of rotatable bonds is 12. The highest BCUT2D eigenvalue weighted by atomic mass is 31.3. The molecule has 1 aliphatic rings. The zero-order valence-corrected chi connectivity index (χ0v) is 26.1. The van der Waals surface area contributed by atoms with Crippen molar-refractivity contribution >= 4 is 52.5 Å². The summed E-state index contributed by atoms with van der Waals surface area (Å²) >= 11 is 0. The molecule has 8 N–H and O–H groups in total. The molecule has 1 fully saturated rings. The van der Waals surface area contributed by atoms with Gasteiger partial charge < -0.3 is 35.0 Å². The summed E-state index contributed by atoms with van der Waals surface area (Å²) in [7, 11) is -16.7. The molecule has 0 amide bonds. The van der Waals surface area contributed by atoms with Gasteiger partial charge in [-0.1, -0.05) is 42.5 Å². The average Bonchev–Trinajstić information content (AvgIpc) is 3.56. The molecule has 23 heteroatoms. The fourth-order valence-corrected chi connectivity index (χ4v) is 7.54. The number of phosphoric ester groups is 1. The van der Waals surface area contributed by atoms with Gasteiger partial charge in [-0.3, -0.25) is 13.9 Å². The maximum Gasteiger partial charge on any atom is 0.591 e. The van der Waals surface area contributed by atoms with Crippen molar-refractivity contribution in [3.63, 3.8) is 0 Å². The Morgan fingerprint density at radius 3 is 2.23 bits per heavy atom. The predicted molar refractivity (Wildman–Crippen MR) is 157 cm³/mol. The van der Waals surface area contributed by atoms with Crippen LogP contribution in [-0.2, 0) is 31.7 Å². The number of aromatic nitrogens is 4. The minimum Gasteiger partial charge on any atom is -0.451 e. The second kappa shape index (κ2) is 13.5. The smallest absolute Gasteiger partial charge is 0.451 e. The Bertz CT molecular complexity index is 1870. The molecular formula is C24H25N5O15P3+. The number of fused-ring (bicyclic) bond motifs is 1. The number of ketones is 1. The number of phosphoric acid groups is 2. The summed E-state index contributed by atoms with van der Waals surface area (Å²) in [5.74, 6) is -1.27. The summed E-state index contributed by atoms with van der Waals surface area (Å²) < 4.78 is 48.0. The van der Waals surface area contributed by atoms with Crippen molar-refractivity contribution in [1.29, 1.82) is 0 Å². The second-order valence-electron chi connectivity index (χ2n) is 9.69. The number of hydrogen-bond acceptors (Lipinski definition) is 16. The highest BCUT2D eigenvalue weighted by Gasteiger charge is 2.56. The summed E-state index contributed by atoms with van der Waals surface area (Å²) in [5, 5.41) is 11.1. The van der Waals surface area contributed by atoms with Gasteiger partial charge in [-0.05, 0) is 20.8 Å². The zero-order chi connectivity index (χ0) is 34.1. The molecule has 4 aromatic rings. The van der Waals surface area contributed by atoms with Crippen molar-refractivity contribution in [1.82, 2.24) is 19.5 Å². The van der Waals surface area contributed by atoms with Gasteiger partial charge in [0.1, 0.15) is 24.1 Å². The van der Waals surface area contributed by atoms with E-state index in [-0.39, 0.29) is 33.9 Å². The number of carbonyl (C=O) groups excluding carboxylic acids is 2. The molecule has 0 bridgehead atoms. The van der Waals surface area contributed by atoms with Gasteiger partial charge in [0.15, 0.2) is 29.6 Å². The van der Waals surface area contributed by atoms with Gasteiger partial charge in [0, 0.05) is 11.1 Å². The average molecular weight is 716 g/mol. The Balaban J connectivity index is 1.36. The molecule has 0 aliphatic carbocycles. The van der Waals surface area contributed by atoms with Crippen molar-refractivity contribution in [2.75, 3.05) is 12.3 Å². The highest BCUT2D eigenvalue weighted by Crippen LogP contribution is 2.71. The van der Waals surface area contributed by atoms with Crippen LogP contribution in [-0.4, -0.2) is 85.8 Å². The molecule has 3 heterocycles. The Kier molecular flexibility index (Phi) is 9.98. The van der Waals surface area contributed by atoms with Crippen LogP contribution in [0, 0.1) is 0 Å². The van der Waals surface area contributed by atoms with Crippen LogP contribution in [0.4, 0.5) is 5.82 Å². The number of benzene rings is 2.